The largest absolute Gasteiger partial charge is 0.375 e. The molecule has 0 radical (unpaired) electrons. The lowest BCUT2D eigenvalue weighted by Gasteiger charge is -2.22. The van der Waals surface area contributed by atoms with Crippen LogP contribution >= 0.6 is 22.6 Å². The molecule has 2 amide bonds. The predicted octanol–water partition coefficient (Wildman–Crippen LogP) is 1.61. The first kappa shape index (κ1) is 16.2. The number of nitrogens with zero attached hydrogens (tertiary/aromatic N) is 2. The topological polar surface area (TPSA) is 49.9 Å². The van der Waals surface area contributed by atoms with Crippen molar-refractivity contribution in [3.63, 3.8) is 0 Å². The Morgan fingerprint density at radius 2 is 1.81 bits per heavy atom. The third-order valence-electron chi connectivity index (χ3n) is 3.51. The average molecular weight is 402 g/mol. The quantitative estimate of drug-likeness (QED) is 0.723. The van der Waals surface area contributed by atoms with Gasteiger partial charge in [0.2, 0.25) is 5.91 Å². The van der Waals surface area contributed by atoms with Gasteiger partial charge in [0.05, 0.1) is 5.56 Å². The van der Waals surface area contributed by atoms with E-state index in [1.165, 1.54) is 7.11 Å². The number of ether oxygens (including phenoxy) is 1. The van der Waals surface area contributed by atoms with E-state index in [9.17, 15) is 9.59 Å². The summed E-state index contributed by atoms with van der Waals surface area (Å²) in [4.78, 5) is 28.0. The summed E-state index contributed by atoms with van der Waals surface area (Å²) < 4.78 is 5.84. The summed E-state index contributed by atoms with van der Waals surface area (Å²) in [5.74, 6) is 0.0298. The number of benzene rings is 1. The maximum Gasteiger partial charge on any atom is 0.254 e. The van der Waals surface area contributed by atoms with Gasteiger partial charge in [-0.05, 0) is 41.1 Å². The van der Waals surface area contributed by atoms with Crippen molar-refractivity contribution in [3.05, 3.63) is 33.4 Å². The molecule has 6 heteroatoms. The third kappa shape index (κ3) is 4.16. The van der Waals surface area contributed by atoms with Crippen molar-refractivity contribution in [3.8, 4) is 0 Å². The summed E-state index contributed by atoms with van der Waals surface area (Å²) in [6, 6.07) is 7.58. The molecule has 1 fully saturated rings. The molecule has 114 valence electrons. The lowest BCUT2D eigenvalue weighted by molar-refractivity contribution is -0.135. The molecular formula is C15H19IN2O3. The van der Waals surface area contributed by atoms with Gasteiger partial charge in [-0.15, -0.1) is 0 Å². The van der Waals surface area contributed by atoms with Crippen LogP contribution < -0.4 is 0 Å². The Bertz CT molecular complexity index is 521. The Hall–Kier alpha value is -1.15. The second kappa shape index (κ2) is 7.74. The van der Waals surface area contributed by atoms with Crippen LogP contribution in [-0.4, -0.2) is 61.5 Å². The molecule has 0 N–H and O–H groups in total. The van der Waals surface area contributed by atoms with Crippen LogP contribution in [0.2, 0.25) is 0 Å². The fourth-order valence-electron chi connectivity index (χ4n) is 2.39. The van der Waals surface area contributed by atoms with Gasteiger partial charge >= 0.3 is 0 Å². The van der Waals surface area contributed by atoms with Crippen LogP contribution in [0.4, 0.5) is 0 Å². The Labute approximate surface area is 138 Å². The number of amides is 2. The van der Waals surface area contributed by atoms with E-state index in [0.717, 1.165) is 15.6 Å². The van der Waals surface area contributed by atoms with Gasteiger partial charge in [-0.2, -0.15) is 0 Å². The Kier molecular flexibility index (Phi) is 5.98. The molecule has 5 nitrogen and oxygen atoms in total. The van der Waals surface area contributed by atoms with Gasteiger partial charge in [-0.25, -0.2) is 0 Å². The van der Waals surface area contributed by atoms with E-state index in [4.69, 9.17) is 4.74 Å². The molecule has 1 aromatic carbocycles. The first-order chi connectivity index (χ1) is 10.1. The van der Waals surface area contributed by atoms with Crippen molar-refractivity contribution in [1.82, 2.24) is 9.80 Å². The van der Waals surface area contributed by atoms with Gasteiger partial charge in [-0.1, -0.05) is 12.1 Å². The number of hydrogen-bond donors (Lipinski definition) is 0. The molecule has 0 aliphatic carbocycles. The lowest BCUT2D eigenvalue weighted by atomic mass is 10.2. The van der Waals surface area contributed by atoms with Crippen LogP contribution in [0.15, 0.2) is 24.3 Å². The van der Waals surface area contributed by atoms with Crippen molar-refractivity contribution in [2.24, 2.45) is 0 Å². The van der Waals surface area contributed by atoms with Crippen LogP contribution in [0, 0.1) is 3.57 Å². The molecule has 21 heavy (non-hydrogen) atoms. The monoisotopic (exact) mass is 402 g/mol. The molecule has 1 aromatic rings. The summed E-state index contributed by atoms with van der Waals surface area (Å²) in [5.41, 5.74) is 0.731. The Morgan fingerprint density at radius 3 is 2.52 bits per heavy atom. The molecule has 1 heterocycles. The number of rotatable bonds is 3. The van der Waals surface area contributed by atoms with Gasteiger partial charge in [0.1, 0.15) is 6.61 Å². The van der Waals surface area contributed by atoms with Crippen molar-refractivity contribution < 1.29 is 14.3 Å². The predicted molar refractivity (Wildman–Crippen MR) is 88.1 cm³/mol. The van der Waals surface area contributed by atoms with Crippen molar-refractivity contribution in [1.29, 1.82) is 0 Å². The SMILES string of the molecule is COCC(=O)N1CCCN(C(=O)c2ccccc2I)CC1. The van der Waals surface area contributed by atoms with E-state index in [2.05, 4.69) is 22.6 Å². The summed E-state index contributed by atoms with van der Waals surface area (Å²) in [5, 5.41) is 0. The molecule has 1 saturated heterocycles. The number of carbonyl (C=O) groups is 2. The highest BCUT2D eigenvalue weighted by atomic mass is 127. The lowest BCUT2D eigenvalue weighted by Crippen LogP contribution is -2.38. The zero-order valence-corrected chi connectivity index (χ0v) is 14.2. The summed E-state index contributed by atoms with van der Waals surface area (Å²) >= 11 is 2.18. The molecule has 0 saturated carbocycles. The van der Waals surface area contributed by atoms with Gasteiger partial charge in [-0.3, -0.25) is 9.59 Å². The zero-order valence-electron chi connectivity index (χ0n) is 12.0. The molecular weight excluding hydrogens is 383 g/mol. The third-order valence-corrected chi connectivity index (χ3v) is 4.45. The van der Waals surface area contributed by atoms with E-state index in [0.29, 0.717) is 26.2 Å². The van der Waals surface area contributed by atoms with Gasteiger partial charge in [0.25, 0.3) is 5.91 Å². The van der Waals surface area contributed by atoms with E-state index in [1.807, 2.05) is 29.2 Å². The molecule has 0 bridgehead atoms. The smallest absolute Gasteiger partial charge is 0.254 e. The van der Waals surface area contributed by atoms with Crippen LogP contribution in [0.1, 0.15) is 16.8 Å². The van der Waals surface area contributed by atoms with Crippen LogP contribution in [-0.2, 0) is 9.53 Å². The standard InChI is InChI=1S/C15H19IN2O3/c1-21-11-14(19)17-7-4-8-18(10-9-17)15(20)12-5-2-3-6-13(12)16/h2-3,5-6H,4,7-11H2,1H3. The fourth-order valence-corrected chi connectivity index (χ4v) is 3.01. The highest BCUT2D eigenvalue weighted by Crippen LogP contribution is 2.15. The summed E-state index contributed by atoms with van der Waals surface area (Å²) in [6.45, 7) is 2.60. The van der Waals surface area contributed by atoms with Crippen LogP contribution in [0.25, 0.3) is 0 Å². The second-order valence-electron chi connectivity index (χ2n) is 4.94. The maximum absolute atomic E-state index is 12.6. The highest BCUT2D eigenvalue weighted by Gasteiger charge is 2.23. The molecule has 0 unspecified atom stereocenters. The summed E-state index contributed by atoms with van der Waals surface area (Å²) in [7, 11) is 1.52. The molecule has 1 aliphatic rings. The first-order valence-corrected chi connectivity index (χ1v) is 8.02. The number of methoxy groups -OCH3 is 1. The Morgan fingerprint density at radius 1 is 1.14 bits per heavy atom. The van der Waals surface area contributed by atoms with E-state index < -0.39 is 0 Å². The number of hydrogen-bond acceptors (Lipinski definition) is 3. The number of carbonyl (C=O) groups excluding carboxylic acids is 2. The normalized spacial score (nSPS) is 15.7. The van der Waals surface area contributed by atoms with E-state index >= 15 is 0 Å². The zero-order chi connectivity index (χ0) is 15.2. The Balaban J connectivity index is 2.01. The molecule has 1 aliphatic heterocycles. The van der Waals surface area contributed by atoms with Gasteiger partial charge < -0.3 is 14.5 Å². The van der Waals surface area contributed by atoms with E-state index in [1.54, 1.807) is 4.90 Å². The number of halogens is 1. The molecule has 0 atom stereocenters. The molecule has 0 spiro atoms. The minimum Gasteiger partial charge on any atom is -0.375 e. The average Bonchev–Trinajstić information content (AvgIpc) is 2.73. The highest BCUT2D eigenvalue weighted by molar-refractivity contribution is 14.1. The van der Waals surface area contributed by atoms with Crippen molar-refractivity contribution in [2.75, 3.05) is 39.9 Å². The second-order valence-corrected chi connectivity index (χ2v) is 6.10. The van der Waals surface area contributed by atoms with Crippen molar-refractivity contribution in [2.45, 2.75) is 6.42 Å². The fraction of sp³-hybridized carbons (Fsp3) is 0.467. The summed E-state index contributed by atoms with van der Waals surface area (Å²) in [6.07, 6.45) is 0.796. The minimum atomic E-state index is -0.0129. The molecule has 0 aromatic heterocycles. The van der Waals surface area contributed by atoms with Crippen molar-refractivity contribution >= 4 is 34.4 Å². The minimum absolute atomic E-state index is 0.0129. The van der Waals surface area contributed by atoms with Crippen LogP contribution in [0.3, 0.4) is 0 Å². The van der Waals surface area contributed by atoms with Crippen LogP contribution in [0.5, 0.6) is 0 Å². The van der Waals surface area contributed by atoms with E-state index in [-0.39, 0.29) is 18.4 Å². The van der Waals surface area contributed by atoms with Gasteiger partial charge in [0, 0.05) is 36.9 Å². The maximum atomic E-state index is 12.6. The first-order valence-electron chi connectivity index (χ1n) is 6.94. The van der Waals surface area contributed by atoms with Gasteiger partial charge in [0.15, 0.2) is 0 Å². The molecule has 2 rings (SSSR count).